The monoisotopic (exact) mass is 447 g/mol. The number of amides is 1. The first-order valence-corrected chi connectivity index (χ1v) is 11.5. The van der Waals surface area contributed by atoms with Crippen LogP contribution in [0.5, 0.6) is 0 Å². The highest BCUT2D eigenvalue weighted by Crippen LogP contribution is 2.27. The molecule has 0 saturated heterocycles. The van der Waals surface area contributed by atoms with E-state index < -0.39 is 0 Å². The van der Waals surface area contributed by atoms with Gasteiger partial charge in [0.2, 0.25) is 11.9 Å². The predicted molar refractivity (Wildman–Crippen MR) is 127 cm³/mol. The highest BCUT2D eigenvalue weighted by molar-refractivity contribution is 7.13. The Morgan fingerprint density at radius 1 is 1.19 bits per heavy atom. The zero-order chi connectivity index (χ0) is 22.5. The molecule has 7 nitrogen and oxygen atoms in total. The van der Waals surface area contributed by atoms with E-state index in [1.807, 2.05) is 55.6 Å². The van der Waals surface area contributed by atoms with Gasteiger partial charge < -0.3 is 5.32 Å². The van der Waals surface area contributed by atoms with Gasteiger partial charge >= 0.3 is 0 Å². The molecule has 0 spiro atoms. The van der Waals surface area contributed by atoms with Gasteiger partial charge in [0, 0.05) is 23.7 Å². The largest absolute Gasteiger partial charge is 0.310 e. The number of aryl methyl sites for hydroxylation is 2. The molecule has 3 heterocycles. The van der Waals surface area contributed by atoms with Gasteiger partial charge in [0.1, 0.15) is 11.5 Å². The molecular formula is C24H25N5O2S. The molecule has 0 saturated carbocycles. The zero-order valence-electron chi connectivity index (χ0n) is 18.1. The molecule has 0 aliphatic rings. The van der Waals surface area contributed by atoms with E-state index >= 15 is 0 Å². The normalized spacial score (nSPS) is 10.9. The highest BCUT2D eigenvalue weighted by atomic mass is 32.1. The number of nitrogens with one attached hydrogen (secondary N) is 2. The minimum atomic E-state index is -0.191. The SMILES string of the molecule is CCc1c(C)nc(-n2nc(-c3cccs3)cc2NC(=O)CCCc2ccccc2)[nH]c1=O. The van der Waals surface area contributed by atoms with E-state index in [-0.39, 0.29) is 17.4 Å². The summed E-state index contributed by atoms with van der Waals surface area (Å²) in [6.45, 7) is 3.73. The Kier molecular flexibility index (Phi) is 6.61. The molecule has 0 aliphatic carbocycles. The van der Waals surface area contributed by atoms with E-state index in [2.05, 4.69) is 32.5 Å². The summed E-state index contributed by atoms with van der Waals surface area (Å²) in [5.41, 5.74) is 3.02. The summed E-state index contributed by atoms with van der Waals surface area (Å²) in [7, 11) is 0. The van der Waals surface area contributed by atoms with Crippen LogP contribution >= 0.6 is 11.3 Å². The first kappa shape index (κ1) is 21.7. The number of carbonyl (C=O) groups excluding carboxylic acids is 1. The molecule has 0 unspecified atom stereocenters. The van der Waals surface area contributed by atoms with Gasteiger partial charge in [-0.05, 0) is 43.2 Å². The van der Waals surface area contributed by atoms with Gasteiger partial charge in [0.05, 0.1) is 4.88 Å². The van der Waals surface area contributed by atoms with Crippen LogP contribution in [-0.4, -0.2) is 25.7 Å². The fourth-order valence-corrected chi connectivity index (χ4v) is 4.27. The van der Waals surface area contributed by atoms with Crippen LogP contribution in [0.4, 0.5) is 5.82 Å². The molecule has 8 heteroatoms. The molecule has 1 amide bonds. The van der Waals surface area contributed by atoms with Crippen molar-refractivity contribution in [3.05, 3.63) is 81.1 Å². The summed E-state index contributed by atoms with van der Waals surface area (Å²) in [4.78, 5) is 33.5. The Morgan fingerprint density at radius 2 is 2.00 bits per heavy atom. The lowest BCUT2D eigenvalue weighted by atomic mass is 10.1. The molecular weight excluding hydrogens is 422 g/mol. The van der Waals surface area contributed by atoms with Gasteiger partial charge in [-0.1, -0.05) is 43.3 Å². The van der Waals surface area contributed by atoms with E-state index in [1.165, 1.54) is 10.2 Å². The van der Waals surface area contributed by atoms with Crippen molar-refractivity contribution in [3.63, 3.8) is 0 Å². The van der Waals surface area contributed by atoms with Crippen molar-refractivity contribution in [1.82, 2.24) is 19.7 Å². The number of hydrogen-bond donors (Lipinski definition) is 2. The van der Waals surface area contributed by atoms with Gasteiger partial charge in [-0.3, -0.25) is 14.6 Å². The fraction of sp³-hybridized carbons (Fsp3) is 0.250. The first-order valence-electron chi connectivity index (χ1n) is 10.6. The molecule has 0 aliphatic heterocycles. The fourth-order valence-electron chi connectivity index (χ4n) is 3.59. The predicted octanol–water partition coefficient (Wildman–Crippen LogP) is 4.52. The minimum Gasteiger partial charge on any atom is -0.310 e. The van der Waals surface area contributed by atoms with Crippen molar-refractivity contribution in [2.75, 3.05) is 5.32 Å². The van der Waals surface area contributed by atoms with E-state index in [0.717, 1.165) is 17.7 Å². The number of thiophene rings is 1. The van der Waals surface area contributed by atoms with Crippen LogP contribution in [0.3, 0.4) is 0 Å². The van der Waals surface area contributed by atoms with Crippen LogP contribution in [0, 0.1) is 6.92 Å². The van der Waals surface area contributed by atoms with Crippen LogP contribution in [-0.2, 0) is 17.6 Å². The van der Waals surface area contributed by atoms with E-state index in [1.54, 1.807) is 11.3 Å². The standard InChI is InChI=1S/C24H25N5O2S/c1-3-18-16(2)25-24(27-23(18)31)29-21(15-19(28-29)20-12-8-14-32-20)26-22(30)13-7-11-17-9-5-4-6-10-17/h4-6,8-10,12,14-15H,3,7,11,13H2,1-2H3,(H,26,30)(H,25,27,31). The van der Waals surface area contributed by atoms with E-state index in [0.29, 0.717) is 35.6 Å². The summed E-state index contributed by atoms with van der Waals surface area (Å²) in [5.74, 6) is 0.654. The van der Waals surface area contributed by atoms with Crippen LogP contribution in [0.2, 0.25) is 0 Å². The number of carbonyl (C=O) groups is 1. The van der Waals surface area contributed by atoms with Gasteiger partial charge in [-0.2, -0.15) is 9.78 Å². The Bertz CT molecular complexity index is 1260. The molecule has 0 radical (unpaired) electrons. The number of rotatable bonds is 8. The van der Waals surface area contributed by atoms with Gasteiger partial charge in [-0.15, -0.1) is 11.3 Å². The Morgan fingerprint density at radius 3 is 2.69 bits per heavy atom. The maximum atomic E-state index is 12.7. The lowest BCUT2D eigenvalue weighted by molar-refractivity contribution is -0.116. The van der Waals surface area contributed by atoms with Crippen LogP contribution in [0.15, 0.2) is 58.7 Å². The van der Waals surface area contributed by atoms with Crippen molar-refractivity contribution < 1.29 is 4.79 Å². The van der Waals surface area contributed by atoms with Crippen molar-refractivity contribution in [3.8, 4) is 16.5 Å². The highest BCUT2D eigenvalue weighted by Gasteiger charge is 2.17. The summed E-state index contributed by atoms with van der Waals surface area (Å²) in [6, 6.07) is 15.8. The van der Waals surface area contributed by atoms with Crippen molar-refractivity contribution in [1.29, 1.82) is 0 Å². The number of benzene rings is 1. The van der Waals surface area contributed by atoms with Gasteiger partial charge in [0.15, 0.2) is 0 Å². The topological polar surface area (TPSA) is 92.7 Å². The molecule has 164 valence electrons. The Labute approximate surface area is 190 Å². The van der Waals surface area contributed by atoms with Crippen molar-refractivity contribution in [2.24, 2.45) is 0 Å². The third kappa shape index (κ3) is 4.86. The zero-order valence-corrected chi connectivity index (χ0v) is 18.9. The molecule has 0 atom stereocenters. The summed E-state index contributed by atoms with van der Waals surface area (Å²) < 4.78 is 1.50. The molecule has 1 aromatic carbocycles. The van der Waals surface area contributed by atoms with Crippen molar-refractivity contribution >= 4 is 23.1 Å². The van der Waals surface area contributed by atoms with Gasteiger partial charge in [0.25, 0.3) is 5.56 Å². The maximum absolute atomic E-state index is 12.7. The first-order chi connectivity index (χ1) is 15.5. The molecule has 32 heavy (non-hydrogen) atoms. The Hall–Kier alpha value is -3.52. The summed E-state index contributed by atoms with van der Waals surface area (Å²) in [5, 5.41) is 9.54. The Balaban J connectivity index is 1.58. The number of nitrogens with zero attached hydrogens (tertiary/aromatic N) is 3. The molecule has 2 N–H and O–H groups in total. The molecule has 0 bridgehead atoms. The molecule has 4 aromatic rings. The second kappa shape index (κ2) is 9.74. The lowest BCUT2D eigenvalue weighted by Gasteiger charge is -2.10. The molecule has 4 rings (SSSR count). The number of hydrogen-bond acceptors (Lipinski definition) is 5. The third-order valence-corrected chi connectivity index (χ3v) is 6.12. The van der Waals surface area contributed by atoms with Crippen LogP contribution in [0.1, 0.15) is 36.6 Å². The average Bonchev–Trinajstić information content (AvgIpc) is 3.44. The summed E-state index contributed by atoms with van der Waals surface area (Å²) >= 11 is 1.56. The number of aromatic nitrogens is 4. The summed E-state index contributed by atoms with van der Waals surface area (Å²) in [6.07, 6.45) is 2.55. The average molecular weight is 448 g/mol. The maximum Gasteiger partial charge on any atom is 0.255 e. The second-order valence-electron chi connectivity index (χ2n) is 7.50. The number of anilines is 1. The lowest BCUT2D eigenvalue weighted by Crippen LogP contribution is -2.21. The minimum absolute atomic E-state index is 0.107. The smallest absolute Gasteiger partial charge is 0.255 e. The molecule has 0 fully saturated rings. The second-order valence-corrected chi connectivity index (χ2v) is 8.45. The third-order valence-electron chi connectivity index (χ3n) is 5.23. The number of H-pyrrole nitrogens is 1. The van der Waals surface area contributed by atoms with E-state index in [9.17, 15) is 9.59 Å². The van der Waals surface area contributed by atoms with Gasteiger partial charge in [-0.25, -0.2) is 4.98 Å². The number of aromatic amines is 1. The van der Waals surface area contributed by atoms with Crippen molar-refractivity contribution in [2.45, 2.75) is 39.5 Å². The molecule has 3 aromatic heterocycles. The van der Waals surface area contributed by atoms with E-state index in [4.69, 9.17) is 0 Å². The quantitative estimate of drug-likeness (QED) is 0.415. The van der Waals surface area contributed by atoms with Crippen LogP contribution in [0.25, 0.3) is 16.5 Å². The van der Waals surface area contributed by atoms with Crippen LogP contribution < -0.4 is 10.9 Å².